The van der Waals surface area contributed by atoms with Crippen LogP contribution in [0, 0.1) is 12.8 Å². The van der Waals surface area contributed by atoms with E-state index in [0.717, 1.165) is 23.4 Å². The minimum atomic E-state index is 0.492. The number of rotatable bonds is 6. The molecule has 0 amide bonds. The minimum absolute atomic E-state index is 0.492. The van der Waals surface area contributed by atoms with Gasteiger partial charge in [-0.1, -0.05) is 49.0 Å². The van der Waals surface area contributed by atoms with Gasteiger partial charge in [0.2, 0.25) is 11.8 Å². The molecule has 0 radical (unpaired) electrons. The Balaban J connectivity index is 1.63. The summed E-state index contributed by atoms with van der Waals surface area (Å²) in [7, 11) is 0. The van der Waals surface area contributed by atoms with E-state index in [1.54, 1.807) is 0 Å². The SMILES string of the molecule is Cc1ccccc1-c1nnc(SCc2nc(CC(C)C)no2)o1. The molecule has 6 nitrogen and oxygen atoms in total. The zero-order valence-electron chi connectivity index (χ0n) is 13.3. The van der Waals surface area contributed by atoms with Gasteiger partial charge in [0.05, 0.1) is 5.75 Å². The van der Waals surface area contributed by atoms with E-state index in [0.29, 0.717) is 28.7 Å². The van der Waals surface area contributed by atoms with Crippen LogP contribution in [0.15, 0.2) is 38.4 Å². The predicted octanol–water partition coefficient (Wildman–Crippen LogP) is 3.92. The van der Waals surface area contributed by atoms with Crippen LogP contribution in [0.2, 0.25) is 0 Å². The van der Waals surface area contributed by atoms with Gasteiger partial charge in [-0.15, -0.1) is 10.2 Å². The average molecular weight is 330 g/mol. The lowest BCUT2D eigenvalue weighted by molar-refractivity contribution is 0.381. The van der Waals surface area contributed by atoms with Crippen LogP contribution in [0.25, 0.3) is 11.5 Å². The second-order valence-corrected chi connectivity index (χ2v) is 6.61. The van der Waals surface area contributed by atoms with Crippen molar-refractivity contribution in [1.29, 1.82) is 0 Å². The van der Waals surface area contributed by atoms with Gasteiger partial charge in [0, 0.05) is 12.0 Å². The zero-order chi connectivity index (χ0) is 16.2. The first-order valence-corrected chi connectivity index (χ1v) is 8.44. The summed E-state index contributed by atoms with van der Waals surface area (Å²) in [6, 6.07) is 7.91. The van der Waals surface area contributed by atoms with Crippen molar-refractivity contribution in [2.75, 3.05) is 0 Å². The summed E-state index contributed by atoms with van der Waals surface area (Å²) in [6.07, 6.45) is 0.812. The van der Waals surface area contributed by atoms with Gasteiger partial charge in [-0.05, 0) is 24.5 Å². The summed E-state index contributed by atoms with van der Waals surface area (Å²) in [5.41, 5.74) is 2.05. The fourth-order valence-corrected chi connectivity index (χ4v) is 2.71. The highest BCUT2D eigenvalue weighted by Crippen LogP contribution is 2.27. The van der Waals surface area contributed by atoms with Gasteiger partial charge in [0.15, 0.2) is 5.82 Å². The Bertz CT molecular complexity index is 782. The van der Waals surface area contributed by atoms with E-state index >= 15 is 0 Å². The second kappa shape index (κ2) is 6.95. The van der Waals surface area contributed by atoms with Gasteiger partial charge >= 0.3 is 0 Å². The van der Waals surface area contributed by atoms with E-state index in [4.69, 9.17) is 8.94 Å². The molecule has 0 aliphatic carbocycles. The van der Waals surface area contributed by atoms with Crippen molar-refractivity contribution >= 4 is 11.8 Å². The lowest BCUT2D eigenvalue weighted by Crippen LogP contribution is -1.96. The summed E-state index contributed by atoms with van der Waals surface area (Å²) in [5, 5.41) is 12.6. The third-order valence-corrected chi connectivity index (χ3v) is 4.01. The number of benzene rings is 1. The highest BCUT2D eigenvalue weighted by molar-refractivity contribution is 7.98. The predicted molar refractivity (Wildman–Crippen MR) is 86.9 cm³/mol. The molecule has 0 unspecified atom stereocenters. The van der Waals surface area contributed by atoms with Gasteiger partial charge in [0.25, 0.3) is 5.22 Å². The normalized spacial score (nSPS) is 11.3. The molecule has 3 rings (SSSR count). The van der Waals surface area contributed by atoms with Crippen LogP contribution >= 0.6 is 11.8 Å². The van der Waals surface area contributed by atoms with Gasteiger partial charge in [-0.25, -0.2) is 0 Å². The van der Waals surface area contributed by atoms with Crippen LogP contribution in [0.1, 0.15) is 31.1 Å². The molecular formula is C16H18N4O2S. The van der Waals surface area contributed by atoms with Crippen molar-refractivity contribution < 1.29 is 8.94 Å². The van der Waals surface area contributed by atoms with Crippen LogP contribution < -0.4 is 0 Å². The van der Waals surface area contributed by atoms with Crippen molar-refractivity contribution in [3.8, 4) is 11.5 Å². The molecule has 0 saturated carbocycles. The molecular weight excluding hydrogens is 312 g/mol. The Morgan fingerprint density at radius 3 is 2.78 bits per heavy atom. The average Bonchev–Trinajstić information content (AvgIpc) is 3.14. The van der Waals surface area contributed by atoms with E-state index in [1.165, 1.54) is 11.8 Å². The molecule has 0 N–H and O–H groups in total. The van der Waals surface area contributed by atoms with E-state index in [-0.39, 0.29) is 0 Å². The topological polar surface area (TPSA) is 77.8 Å². The van der Waals surface area contributed by atoms with Crippen LogP contribution in [0.4, 0.5) is 0 Å². The van der Waals surface area contributed by atoms with Crippen molar-refractivity contribution in [1.82, 2.24) is 20.3 Å². The number of nitrogens with zero attached hydrogens (tertiary/aromatic N) is 4. The van der Waals surface area contributed by atoms with Crippen molar-refractivity contribution in [2.45, 2.75) is 38.2 Å². The standard InChI is InChI=1S/C16H18N4O2S/c1-10(2)8-13-17-14(22-20-13)9-23-16-19-18-15(21-16)12-7-5-4-6-11(12)3/h4-7,10H,8-9H2,1-3H3. The van der Waals surface area contributed by atoms with Gasteiger partial charge in [0.1, 0.15) is 0 Å². The van der Waals surface area contributed by atoms with E-state index in [2.05, 4.69) is 34.2 Å². The van der Waals surface area contributed by atoms with Crippen molar-refractivity contribution in [3.05, 3.63) is 41.5 Å². The van der Waals surface area contributed by atoms with E-state index in [1.807, 2.05) is 31.2 Å². The molecule has 120 valence electrons. The molecule has 2 aromatic heterocycles. The molecule has 0 saturated heterocycles. The molecule has 2 heterocycles. The Hall–Kier alpha value is -2.15. The second-order valence-electron chi connectivity index (χ2n) is 5.68. The van der Waals surface area contributed by atoms with Gasteiger partial charge < -0.3 is 8.94 Å². The number of hydrogen-bond donors (Lipinski definition) is 0. The third kappa shape index (κ3) is 3.98. The van der Waals surface area contributed by atoms with Crippen LogP contribution in [0.3, 0.4) is 0 Å². The smallest absolute Gasteiger partial charge is 0.277 e. The van der Waals surface area contributed by atoms with Crippen molar-refractivity contribution in [3.63, 3.8) is 0 Å². The highest BCUT2D eigenvalue weighted by Gasteiger charge is 2.13. The fraction of sp³-hybridized carbons (Fsp3) is 0.375. The molecule has 1 aromatic carbocycles. The van der Waals surface area contributed by atoms with Crippen LogP contribution in [-0.2, 0) is 12.2 Å². The molecule has 3 aromatic rings. The van der Waals surface area contributed by atoms with Gasteiger partial charge in [-0.3, -0.25) is 0 Å². The molecule has 23 heavy (non-hydrogen) atoms. The summed E-state index contributed by atoms with van der Waals surface area (Å²) < 4.78 is 10.9. The first-order valence-electron chi connectivity index (χ1n) is 7.45. The number of thioether (sulfide) groups is 1. The summed E-state index contributed by atoms with van der Waals surface area (Å²) in [5.74, 6) is 2.85. The molecule has 0 aliphatic heterocycles. The maximum absolute atomic E-state index is 5.69. The van der Waals surface area contributed by atoms with Crippen LogP contribution in [-0.4, -0.2) is 20.3 Å². The Morgan fingerprint density at radius 1 is 1.17 bits per heavy atom. The molecule has 0 fully saturated rings. The number of aromatic nitrogens is 4. The lowest BCUT2D eigenvalue weighted by Gasteiger charge is -1.98. The highest BCUT2D eigenvalue weighted by atomic mass is 32.2. The Labute approximate surface area is 138 Å². The number of hydrogen-bond acceptors (Lipinski definition) is 7. The Morgan fingerprint density at radius 2 is 2.00 bits per heavy atom. The Kier molecular flexibility index (Phi) is 4.76. The fourth-order valence-electron chi connectivity index (χ4n) is 2.11. The van der Waals surface area contributed by atoms with Gasteiger partial charge in [-0.2, -0.15) is 4.98 Å². The zero-order valence-corrected chi connectivity index (χ0v) is 14.1. The minimum Gasteiger partial charge on any atom is -0.411 e. The summed E-state index contributed by atoms with van der Waals surface area (Å²) >= 11 is 1.39. The van der Waals surface area contributed by atoms with Crippen molar-refractivity contribution in [2.24, 2.45) is 5.92 Å². The molecule has 0 spiro atoms. The third-order valence-electron chi connectivity index (χ3n) is 3.20. The summed E-state index contributed by atoms with van der Waals surface area (Å²) in [4.78, 5) is 4.36. The van der Waals surface area contributed by atoms with Crippen LogP contribution in [0.5, 0.6) is 0 Å². The quantitative estimate of drug-likeness (QED) is 0.634. The molecule has 0 aliphatic rings. The van der Waals surface area contributed by atoms with E-state index in [9.17, 15) is 0 Å². The number of aryl methyl sites for hydroxylation is 1. The molecule has 0 bridgehead atoms. The first-order chi connectivity index (χ1) is 11.1. The van der Waals surface area contributed by atoms with E-state index < -0.39 is 0 Å². The molecule has 7 heteroatoms. The maximum atomic E-state index is 5.69. The first kappa shape index (κ1) is 15.7. The summed E-state index contributed by atoms with van der Waals surface area (Å²) in [6.45, 7) is 6.26. The monoisotopic (exact) mass is 330 g/mol. The lowest BCUT2D eigenvalue weighted by atomic mass is 10.1. The largest absolute Gasteiger partial charge is 0.411 e. The maximum Gasteiger partial charge on any atom is 0.277 e. The molecule has 0 atom stereocenters.